The molecule has 1 unspecified atom stereocenters. The van der Waals surface area contributed by atoms with Gasteiger partial charge in [0.05, 0.1) is 15.9 Å². The van der Waals surface area contributed by atoms with Crippen LogP contribution in [0.3, 0.4) is 0 Å². The van der Waals surface area contributed by atoms with Crippen LogP contribution in [-0.2, 0) is 13.0 Å². The number of nitrogens with zero attached hydrogens (tertiary/aromatic N) is 2. The summed E-state index contributed by atoms with van der Waals surface area (Å²) >= 11 is 3.68. The van der Waals surface area contributed by atoms with Gasteiger partial charge in [-0.3, -0.25) is 4.68 Å². The Bertz CT molecular complexity index is 365. The number of aryl methyl sites for hydroxylation is 2. The van der Waals surface area contributed by atoms with Crippen LogP contribution in [-0.4, -0.2) is 22.4 Å². The summed E-state index contributed by atoms with van der Waals surface area (Å²) in [5.74, 6) is 0. The van der Waals surface area contributed by atoms with Crippen LogP contribution in [0.1, 0.15) is 44.0 Å². The van der Waals surface area contributed by atoms with E-state index in [1.807, 2.05) is 0 Å². The molecule has 0 aliphatic carbocycles. The molecule has 1 fully saturated rings. The van der Waals surface area contributed by atoms with Gasteiger partial charge in [-0.25, -0.2) is 0 Å². The molecule has 0 amide bonds. The highest BCUT2D eigenvalue weighted by atomic mass is 79.9. The second-order valence-electron chi connectivity index (χ2n) is 4.87. The topological polar surface area (TPSA) is 29.9 Å². The van der Waals surface area contributed by atoms with Gasteiger partial charge < -0.3 is 5.32 Å². The van der Waals surface area contributed by atoms with Crippen molar-refractivity contribution in [2.45, 2.75) is 58.5 Å². The molecule has 0 spiro atoms. The van der Waals surface area contributed by atoms with Crippen molar-refractivity contribution in [2.75, 3.05) is 6.54 Å². The van der Waals surface area contributed by atoms with E-state index in [0.29, 0.717) is 6.04 Å². The number of hydrogen-bond donors (Lipinski definition) is 1. The van der Waals surface area contributed by atoms with E-state index in [2.05, 4.69) is 44.9 Å². The SMILES string of the molecule is CCn1nc(C)c(Br)c1CC1CCCCCN1. The Morgan fingerprint density at radius 3 is 3.00 bits per heavy atom. The summed E-state index contributed by atoms with van der Waals surface area (Å²) in [5, 5.41) is 8.22. The molecule has 0 bridgehead atoms. The molecule has 1 aliphatic heterocycles. The maximum absolute atomic E-state index is 4.56. The molecule has 2 rings (SSSR count). The quantitative estimate of drug-likeness (QED) is 0.930. The summed E-state index contributed by atoms with van der Waals surface area (Å²) in [6, 6.07) is 0.621. The summed E-state index contributed by atoms with van der Waals surface area (Å²) in [6.07, 6.45) is 6.44. The van der Waals surface area contributed by atoms with Crippen LogP contribution in [0.2, 0.25) is 0 Å². The van der Waals surface area contributed by atoms with Crippen molar-refractivity contribution >= 4 is 15.9 Å². The van der Waals surface area contributed by atoms with Gasteiger partial charge in [0.15, 0.2) is 0 Å². The third kappa shape index (κ3) is 3.10. The van der Waals surface area contributed by atoms with Gasteiger partial charge in [-0.1, -0.05) is 12.8 Å². The van der Waals surface area contributed by atoms with Crippen molar-refractivity contribution in [1.29, 1.82) is 0 Å². The van der Waals surface area contributed by atoms with Crippen LogP contribution in [0, 0.1) is 6.92 Å². The zero-order chi connectivity index (χ0) is 12.3. The zero-order valence-corrected chi connectivity index (χ0v) is 12.4. The van der Waals surface area contributed by atoms with Crippen molar-refractivity contribution in [3.63, 3.8) is 0 Å². The molecule has 0 saturated carbocycles. The molecule has 17 heavy (non-hydrogen) atoms. The van der Waals surface area contributed by atoms with Crippen LogP contribution in [0.4, 0.5) is 0 Å². The Morgan fingerprint density at radius 2 is 2.24 bits per heavy atom. The molecule has 1 atom stereocenters. The molecular formula is C13H22BrN3. The van der Waals surface area contributed by atoms with E-state index in [9.17, 15) is 0 Å². The highest BCUT2D eigenvalue weighted by Crippen LogP contribution is 2.24. The Kier molecular flexibility index (Phi) is 4.62. The van der Waals surface area contributed by atoms with Gasteiger partial charge in [-0.05, 0) is 49.2 Å². The predicted octanol–water partition coefficient (Wildman–Crippen LogP) is 3.05. The van der Waals surface area contributed by atoms with Crippen LogP contribution in [0.5, 0.6) is 0 Å². The van der Waals surface area contributed by atoms with Gasteiger partial charge in [-0.2, -0.15) is 5.10 Å². The minimum Gasteiger partial charge on any atom is -0.314 e. The molecule has 2 heterocycles. The van der Waals surface area contributed by atoms with Crippen LogP contribution in [0.25, 0.3) is 0 Å². The lowest BCUT2D eigenvalue weighted by Crippen LogP contribution is -2.31. The predicted molar refractivity (Wildman–Crippen MR) is 74.3 cm³/mol. The molecule has 1 aliphatic rings. The fraction of sp³-hybridized carbons (Fsp3) is 0.769. The van der Waals surface area contributed by atoms with E-state index in [0.717, 1.165) is 18.7 Å². The molecular weight excluding hydrogens is 278 g/mol. The summed E-state index contributed by atoms with van der Waals surface area (Å²) in [5.41, 5.74) is 2.46. The summed E-state index contributed by atoms with van der Waals surface area (Å²) < 4.78 is 3.33. The van der Waals surface area contributed by atoms with Crippen molar-refractivity contribution in [2.24, 2.45) is 0 Å². The van der Waals surface area contributed by atoms with E-state index in [-0.39, 0.29) is 0 Å². The van der Waals surface area contributed by atoms with E-state index in [4.69, 9.17) is 0 Å². The first kappa shape index (κ1) is 13.1. The van der Waals surface area contributed by atoms with Crippen LogP contribution >= 0.6 is 15.9 Å². The molecule has 0 radical (unpaired) electrons. The smallest absolute Gasteiger partial charge is 0.0738 e. The Hall–Kier alpha value is -0.350. The fourth-order valence-corrected chi connectivity index (χ4v) is 3.02. The average Bonchev–Trinajstić information content (AvgIpc) is 2.54. The number of hydrogen-bond acceptors (Lipinski definition) is 2. The van der Waals surface area contributed by atoms with Crippen LogP contribution < -0.4 is 5.32 Å². The lowest BCUT2D eigenvalue weighted by Gasteiger charge is -2.16. The summed E-state index contributed by atoms with van der Waals surface area (Å²) in [6.45, 7) is 6.35. The Balaban J connectivity index is 2.11. The van der Waals surface area contributed by atoms with E-state index < -0.39 is 0 Å². The third-order valence-electron chi connectivity index (χ3n) is 3.55. The number of halogens is 1. The van der Waals surface area contributed by atoms with E-state index >= 15 is 0 Å². The summed E-state index contributed by atoms with van der Waals surface area (Å²) in [4.78, 5) is 0. The first-order valence-corrected chi connectivity index (χ1v) is 7.46. The first-order valence-electron chi connectivity index (χ1n) is 6.67. The van der Waals surface area contributed by atoms with Gasteiger partial charge in [0.25, 0.3) is 0 Å². The third-order valence-corrected chi connectivity index (χ3v) is 4.59. The lowest BCUT2D eigenvalue weighted by molar-refractivity contribution is 0.483. The molecule has 1 aromatic rings. The van der Waals surface area contributed by atoms with Gasteiger partial charge in [-0.15, -0.1) is 0 Å². The maximum atomic E-state index is 4.56. The number of rotatable bonds is 3. The Labute approximate surface area is 112 Å². The minimum absolute atomic E-state index is 0.621. The van der Waals surface area contributed by atoms with Gasteiger partial charge >= 0.3 is 0 Å². The minimum atomic E-state index is 0.621. The maximum Gasteiger partial charge on any atom is 0.0738 e. The largest absolute Gasteiger partial charge is 0.314 e. The lowest BCUT2D eigenvalue weighted by atomic mass is 10.1. The van der Waals surface area contributed by atoms with E-state index in [1.54, 1.807) is 0 Å². The molecule has 1 N–H and O–H groups in total. The van der Waals surface area contributed by atoms with Crippen LogP contribution in [0.15, 0.2) is 4.47 Å². The summed E-state index contributed by atoms with van der Waals surface area (Å²) in [7, 11) is 0. The molecule has 0 aromatic carbocycles. The molecule has 1 aromatic heterocycles. The van der Waals surface area contributed by atoms with E-state index in [1.165, 1.54) is 42.4 Å². The van der Waals surface area contributed by atoms with Crippen molar-refractivity contribution < 1.29 is 0 Å². The number of nitrogens with one attached hydrogen (secondary N) is 1. The molecule has 3 nitrogen and oxygen atoms in total. The van der Waals surface area contributed by atoms with Crippen molar-refractivity contribution in [3.8, 4) is 0 Å². The van der Waals surface area contributed by atoms with Gasteiger partial charge in [0, 0.05) is 19.0 Å². The fourth-order valence-electron chi connectivity index (χ4n) is 2.57. The van der Waals surface area contributed by atoms with Crippen molar-refractivity contribution in [1.82, 2.24) is 15.1 Å². The van der Waals surface area contributed by atoms with Gasteiger partial charge in [0.1, 0.15) is 0 Å². The number of aromatic nitrogens is 2. The first-order chi connectivity index (χ1) is 8.22. The van der Waals surface area contributed by atoms with Gasteiger partial charge in [0.2, 0.25) is 0 Å². The highest BCUT2D eigenvalue weighted by molar-refractivity contribution is 9.10. The van der Waals surface area contributed by atoms with Crippen molar-refractivity contribution in [3.05, 3.63) is 15.9 Å². The molecule has 96 valence electrons. The molecule has 1 saturated heterocycles. The average molecular weight is 300 g/mol. The second kappa shape index (κ2) is 6.01. The molecule has 4 heteroatoms. The highest BCUT2D eigenvalue weighted by Gasteiger charge is 2.18. The normalized spacial score (nSPS) is 21.5. The Morgan fingerprint density at radius 1 is 1.41 bits per heavy atom. The standard InChI is InChI=1S/C13H22BrN3/c1-3-17-12(13(14)10(2)16-17)9-11-7-5-4-6-8-15-11/h11,15H,3-9H2,1-2H3. The second-order valence-corrected chi connectivity index (χ2v) is 5.66. The zero-order valence-electron chi connectivity index (χ0n) is 10.8. The monoisotopic (exact) mass is 299 g/mol.